The second-order valence-electron chi connectivity index (χ2n) is 8.31. The van der Waals surface area contributed by atoms with Crippen molar-refractivity contribution >= 4 is 34.7 Å². The van der Waals surface area contributed by atoms with E-state index in [1.54, 1.807) is 17.5 Å². The SMILES string of the molecule is Cc1nc(C(=O)N2CC3(CC3)CC2CNc2ccc(Cl)cn2)c(-c2ccccc2)s1. The summed E-state index contributed by atoms with van der Waals surface area (Å²) in [6, 6.07) is 13.9. The first kappa shape index (κ1) is 19.5. The molecule has 0 radical (unpaired) electrons. The van der Waals surface area contributed by atoms with Crippen LogP contribution in [0.1, 0.15) is 34.8 Å². The molecule has 1 saturated heterocycles. The van der Waals surface area contributed by atoms with Gasteiger partial charge >= 0.3 is 0 Å². The minimum Gasteiger partial charge on any atom is -0.368 e. The summed E-state index contributed by atoms with van der Waals surface area (Å²) in [7, 11) is 0. The Kier molecular flexibility index (Phi) is 4.99. The Hall–Kier alpha value is -2.44. The molecule has 1 atom stereocenters. The van der Waals surface area contributed by atoms with E-state index in [1.807, 2.05) is 54.3 Å². The lowest BCUT2D eigenvalue weighted by Gasteiger charge is -2.25. The predicted molar refractivity (Wildman–Crippen MR) is 121 cm³/mol. The summed E-state index contributed by atoms with van der Waals surface area (Å²) in [6.07, 6.45) is 5.07. The molecule has 1 aliphatic carbocycles. The number of amides is 1. The summed E-state index contributed by atoms with van der Waals surface area (Å²) >= 11 is 7.52. The molecule has 2 aliphatic rings. The van der Waals surface area contributed by atoms with Crippen molar-refractivity contribution in [1.82, 2.24) is 14.9 Å². The number of hydrogen-bond acceptors (Lipinski definition) is 5. The molecule has 1 N–H and O–H groups in total. The van der Waals surface area contributed by atoms with Gasteiger partial charge in [-0.05, 0) is 49.3 Å². The van der Waals surface area contributed by atoms with Gasteiger partial charge in [0.2, 0.25) is 0 Å². The third kappa shape index (κ3) is 3.82. The summed E-state index contributed by atoms with van der Waals surface area (Å²) in [4.78, 5) is 25.6. The Bertz CT molecular complexity index is 1060. The van der Waals surface area contributed by atoms with E-state index >= 15 is 0 Å². The van der Waals surface area contributed by atoms with Crippen molar-refractivity contribution in [2.45, 2.75) is 32.2 Å². The van der Waals surface area contributed by atoms with Gasteiger partial charge < -0.3 is 10.2 Å². The first-order valence-electron chi connectivity index (χ1n) is 10.2. The first-order valence-corrected chi connectivity index (χ1v) is 11.4. The van der Waals surface area contributed by atoms with Gasteiger partial charge in [-0.3, -0.25) is 4.79 Å². The molecule has 30 heavy (non-hydrogen) atoms. The number of likely N-dealkylation sites (tertiary alicyclic amines) is 1. The van der Waals surface area contributed by atoms with Crippen molar-refractivity contribution in [3.8, 4) is 10.4 Å². The van der Waals surface area contributed by atoms with Crippen LogP contribution in [0.25, 0.3) is 10.4 Å². The Balaban J connectivity index is 1.39. The number of aryl methyl sites for hydroxylation is 1. The van der Waals surface area contributed by atoms with E-state index in [4.69, 9.17) is 11.6 Å². The zero-order valence-corrected chi connectivity index (χ0v) is 18.3. The fourth-order valence-electron chi connectivity index (χ4n) is 4.32. The topological polar surface area (TPSA) is 58.1 Å². The molecule has 1 unspecified atom stereocenters. The summed E-state index contributed by atoms with van der Waals surface area (Å²) in [5, 5.41) is 4.91. The molecule has 3 aromatic rings. The van der Waals surface area contributed by atoms with Gasteiger partial charge in [-0.15, -0.1) is 11.3 Å². The molecule has 2 aromatic heterocycles. The van der Waals surface area contributed by atoms with Gasteiger partial charge in [-0.2, -0.15) is 0 Å². The largest absolute Gasteiger partial charge is 0.368 e. The maximum absolute atomic E-state index is 13.6. The number of carbonyl (C=O) groups is 1. The fourth-order valence-corrected chi connectivity index (χ4v) is 5.35. The fraction of sp³-hybridized carbons (Fsp3) is 0.348. The molecule has 3 heterocycles. The van der Waals surface area contributed by atoms with Crippen LogP contribution in [0, 0.1) is 12.3 Å². The van der Waals surface area contributed by atoms with E-state index in [2.05, 4.69) is 15.3 Å². The maximum Gasteiger partial charge on any atom is 0.274 e. The minimum atomic E-state index is 0.0397. The number of benzene rings is 1. The van der Waals surface area contributed by atoms with Crippen LogP contribution in [0.15, 0.2) is 48.7 Å². The van der Waals surface area contributed by atoms with Crippen LogP contribution in [0.3, 0.4) is 0 Å². The van der Waals surface area contributed by atoms with Crippen molar-refractivity contribution in [3.05, 3.63) is 64.4 Å². The molecule has 1 aliphatic heterocycles. The van der Waals surface area contributed by atoms with Crippen molar-refractivity contribution in [2.24, 2.45) is 5.41 Å². The lowest BCUT2D eigenvalue weighted by Crippen LogP contribution is -2.40. The van der Waals surface area contributed by atoms with Gasteiger partial charge in [-0.1, -0.05) is 41.9 Å². The maximum atomic E-state index is 13.6. The molecule has 154 valence electrons. The monoisotopic (exact) mass is 438 g/mol. The van der Waals surface area contributed by atoms with Crippen LogP contribution in [0.2, 0.25) is 5.02 Å². The van der Waals surface area contributed by atoms with E-state index in [9.17, 15) is 4.79 Å². The van der Waals surface area contributed by atoms with E-state index in [0.29, 0.717) is 22.7 Å². The number of anilines is 1. The number of thiazole rings is 1. The van der Waals surface area contributed by atoms with Crippen LogP contribution in [-0.2, 0) is 0 Å². The van der Waals surface area contributed by atoms with E-state index < -0.39 is 0 Å². The van der Waals surface area contributed by atoms with E-state index in [1.165, 1.54) is 12.8 Å². The Morgan fingerprint density at radius 1 is 1.27 bits per heavy atom. The highest BCUT2D eigenvalue weighted by Crippen LogP contribution is 2.55. The quantitative estimate of drug-likeness (QED) is 0.589. The van der Waals surface area contributed by atoms with Gasteiger partial charge in [0.25, 0.3) is 5.91 Å². The Morgan fingerprint density at radius 2 is 2.07 bits per heavy atom. The van der Waals surface area contributed by atoms with Crippen LogP contribution in [0.5, 0.6) is 0 Å². The zero-order chi connectivity index (χ0) is 20.7. The van der Waals surface area contributed by atoms with Crippen molar-refractivity contribution < 1.29 is 4.79 Å². The molecular formula is C23H23ClN4OS. The molecule has 2 fully saturated rings. The van der Waals surface area contributed by atoms with Crippen molar-refractivity contribution in [2.75, 3.05) is 18.4 Å². The lowest BCUT2D eigenvalue weighted by atomic mass is 10.0. The molecule has 7 heteroatoms. The number of nitrogens with zero attached hydrogens (tertiary/aromatic N) is 3. The second kappa shape index (κ2) is 7.67. The Labute approximate surface area is 185 Å². The average Bonchev–Trinajstić information content (AvgIpc) is 3.24. The molecule has 1 aromatic carbocycles. The number of rotatable bonds is 5. The average molecular weight is 439 g/mol. The van der Waals surface area contributed by atoms with E-state index in [-0.39, 0.29) is 11.9 Å². The molecule has 0 bridgehead atoms. The number of carbonyl (C=O) groups excluding carboxylic acids is 1. The Morgan fingerprint density at radius 3 is 2.77 bits per heavy atom. The van der Waals surface area contributed by atoms with Gasteiger partial charge in [0, 0.05) is 25.3 Å². The normalized spacial score (nSPS) is 19.3. The number of aromatic nitrogens is 2. The molecule has 1 amide bonds. The molecular weight excluding hydrogens is 416 g/mol. The molecule has 5 rings (SSSR count). The third-order valence-corrected chi connectivity index (χ3v) is 7.30. The number of hydrogen-bond donors (Lipinski definition) is 1. The molecule has 1 saturated carbocycles. The van der Waals surface area contributed by atoms with Crippen LogP contribution in [-0.4, -0.2) is 39.9 Å². The summed E-state index contributed by atoms with van der Waals surface area (Å²) in [5.74, 6) is 0.816. The highest BCUT2D eigenvalue weighted by atomic mass is 35.5. The summed E-state index contributed by atoms with van der Waals surface area (Å²) in [5.41, 5.74) is 1.93. The number of pyridine rings is 1. The lowest BCUT2D eigenvalue weighted by molar-refractivity contribution is 0.0733. The molecule has 5 nitrogen and oxygen atoms in total. The summed E-state index contributed by atoms with van der Waals surface area (Å²) in [6.45, 7) is 3.45. The zero-order valence-electron chi connectivity index (χ0n) is 16.8. The van der Waals surface area contributed by atoms with Crippen LogP contribution in [0.4, 0.5) is 5.82 Å². The highest BCUT2D eigenvalue weighted by Gasteiger charge is 2.53. The minimum absolute atomic E-state index is 0.0397. The van der Waals surface area contributed by atoms with Gasteiger partial charge in [0.1, 0.15) is 11.5 Å². The third-order valence-electron chi connectivity index (χ3n) is 6.05. The van der Waals surface area contributed by atoms with Crippen LogP contribution < -0.4 is 5.32 Å². The highest BCUT2D eigenvalue weighted by molar-refractivity contribution is 7.15. The number of halogens is 1. The van der Waals surface area contributed by atoms with E-state index in [0.717, 1.165) is 34.2 Å². The van der Waals surface area contributed by atoms with Gasteiger partial charge in [-0.25, -0.2) is 9.97 Å². The second-order valence-corrected chi connectivity index (χ2v) is 9.95. The van der Waals surface area contributed by atoms with Gasteiger partial charge in [0.05, 0.1) is 14.9 Å². The summed E-state index contributed by atoms with van der Waals surface area (Å²) < 4.78 is 0. The van der Waals surface area contributed by atoms with Crippen LogP contribution >= 0.6 is 22.9 Å². The standard InChI is InChI=1S/C23H23ClN4OS/c1-15-27-20(21(30-15)16-5-3-2-4-6-16)22(29)28-14-23(9-10-23)11-18(28)13-26-19-8-7-17(24)12-25-19/h2-8,12,18H,9-11,13-14H2,1H3,(H,25,26). The molecule has 1 spiro atoms. The predicted octanol–water partition coefficient (Wildman–Crippen LogP) is 5.27. The van der Waals surface area contributed by atoms with Gasteiger partial charge in [0.15, 0.2) is 0 Å². The first-order chi connectivity index (χ1) is 14.5. The van der Waals surface area contributed by atoms with Crippen molar-refractivity contribution in [3.63, 3.8) is 0 Å². The number of nitrogens with one attached hydrogen (secondary N) is 1. The smallest absolute Gasteiger partial charge is 0.274 e. The van der Waals surface area contributed by atoms with Crippen molar-refractivity contribution in [1.29, 1.82) is 0 Å².